The maximum absolute atomic E-state index is 14.4. The second kappa shape index (κ2) is 7.56. The van der Waals surface area contributed by atoms with Gasteiger partial charge in [-0.2, -0.15) is 13.2 Å². The van der Waals surface area contributed by atoms with Gasteiger partial charge in [-0.3, -0.25) is 0 Å². The third-order valence-electron chi connectivity index (χ3n) is 6.26. The molecule has 1 aliphatic rings. The summed E-state index contributed by atoms with van der Waals surface area (Å²) in [6, 6.07) is 5.64. The molecular weight excluding hydrogens is 446 g/mol. The average molecular weight is 468 g/mol. The van der Waals surface area contributed by atoms with Crippen LogP contribution in [0.2, 0.25) is 5.02 Å². The van der Waals surface area contributed by atoms with Crippen LogP contribution in [0, 0.1) is 12.7 Å². The third-order valence-corrected chi connectivity index (χ3v) is 6.63. The lowest BCUT2D eigenvalue weighted by molar-refractivity contribution is -0.269. The van der Waals surface area contributed by atoms with Gasteiger partial charge in [-0.1, -0.05) is 37.6 Å². The minimum atomic E-state index is -4.96. The molecule has 2 atom stereocenters. The second-order valence-electron chi connectivity index (χ2n) is 8.86. The van der Waals surface area contributed by atoms with Gasteiger partial charge in [0.15, 0.2) is 5.60 Å². The van der Waals surface area contributed by atoms with Gasteiger partial charge in [0, 0.05) is 17.3 Å². The molecule has 0 bridgehead atoms. The molecule has 0 fully saturated rings. The number of alkyl halides is 3. The summed E-state index contributed by atoms with van der Waals surface area (Å²) in [5, 5.41) is 14.3. The largest absolute Gasteiger partial charge is 0.419 e. The van der Waals surface area contributed by atoms with Crippen molar-refractivity contribution in [2.45, 2.75) is 56.8 Å². The first kappa shape index (κ1) is 22.7. The van der Waals surface area contributed by atoms with E-state index in [2.05, 4.69) is 15.3 Å². The van der Waals surface area contributed by atoms with Gasteiger partial charge in [-0.25, -0.2) is 14.4 Å². The maximum Gasteiger partial charge on any atom is 0.419 e. The number of nitrogens with zero attached hydrogens (tertiary/aromatic N) is 2. The number of nitrogens with one attached hydrogen (secondary N) is 1. The Bertz CT molecular complexity index is 1200. The van der Waals surface area contributed by atoms with E-state index in [1.54, 1.807) is 39.0 Å². The zero-order valence-corrected chi connectivity index (χ0v) is 18.4. The Labute approximate surface area is 187 Å². The highest BCUT2D eigenvalue weighted by Crippen LogP contribution is 2.53. The van der Waals surface area contributed by atoms with Gasteiger partial charge in [0.25, 0.3) is 0 Å². The lowest BCUT2D eigenvalue weighted by Crippen LogP contribution is -2.52. The van der Waals surface area contributed by atoms with Gasteiger partial charge >= 0.3 is 6.18 Å². The van der Waals surface area contributed by atoms with Crippen LogP contribution in [0.4, 0.5) is 23.2 Å². The van der Waals surface area contributed by atoms with Crippen LogP contribution >= 0.6 is 11.6 Å². The molecule has 2 N–H and O–H groups in total. The molecule has 0 spiro atoms. The average Bonchev–Trinajstić information content (AvgIpc) is 2.79. The van der Waals surface area contributed by atoms with Crippen molar-refractivity contribution in [2.24, 2.45) is 0 Å². The van der Waals surface area contributed by atoms with Gasteiger partial charge in [0.05, 0.1) is 16.6 Å². The van der Waals surface area contributed by atoms with Crippen LogP contribution in [0.15, 0.2) is 36.5 Å². The molecule has 4 nitrogen and oxygen atoms in total. The minimum absolute atomic E-state index is 0.0464. The van der Waals surface area contributed by atoms with Crippen molar-refractivity contribution in [3.05, 3.63) is 64.3 Å². The number of rotatable bonds is 2. The van der Waals surface area contributed by atoms with E-state index in [0.29, 0.717) is 22.4 Å². The molecule has 2 unspecified atom stereocenters. The molecule has 0 saturated heterocycles. The van der Waals surface area contributed by atoms with Gasteiger partial charge in [-0.15, -0.1) is 0 Å². The first-order chi connectivity index (χ1) is 14.8. The summed E-state index contributed by atoms with van der Waals surface area (Å²) in [7, 11) is 0. The summed E-state index contributed by atoms with van der Waals surface area (Å²) in [6.45, 7) is 5.11. The summed E-state index contributed by atoms with van der Waals surface area (Å²) < 4.78 is 57.3. The number of aryl methyl sites for hydroxylation is 1. The summed E-state index contributed by atoms with van der Waals surface area (Å²) >= 11 is 6.27. The second-order valence-corrected chi connectivity index (χ2v) is 9.24. The number of aliphatic hydroxyl groups is 1. The van der Waals surface area contributed by atoms with Crippen LogP contribution in [-0.4, -0.2) is 26.9 Å². The number of aromatic nitrogens is 2. The predicted molar refractivity (Wildman–Crippen MR) is 115 cm³/mol. The molecule has 0 amide bonds. The Morgan fingerprint density at radius 1 is 1.16 bits per heavy atom. The standard InChI is InChI=1S/C23H22ClF4N3O/c1-12-29-11-14-16(30-12)5-4-6-17(14)31-20-13-7-8-15(25)19(24)18(13)21(2,3)9-10-22(20,32)23(26,27)28/h4-8,11,20,31-32H,9-10H2,1-3H3. The normalized spacial score (nSPS) is 23.0. The van der Waals surface area contributed by atoms with Crippen molar-refractivity contribution in [3.8, 4) is 0 Å². The molecule has 1 aliphatic carbocycles. The summed E-state index contributed by atoms with van der Waals surface area (Å²) in [5.74, 6) is -0.200. The number of anilines is 1. The van der Waals surface area contributed by atoms with E-state index in [0.717, 1.165) is 6.07 Å². The van der Waals surface area contributed by atoms with Crippen molar-refractivity contribution >= 4 is 28.2 Å². The van der Waals surface area contributed by atoms with Crippen molar-refractivity contribution in [2.75, 3.05) is 5.32 Å². The van der Waals surface area contributed by atoms with Crippen LogP contribution in [0.1, 0.15) is 49.7 Å². The van der Waals surface area contributed by atoms with E-state index < -0.39 is 35.5 Å². The summed E-state index contributed by atoms with van der Waals surface area (Å²) in [5.41, 5.74) is -2.80. The number of hydrogen-bond donors (Lipinski definition) is 2. The lowest BCUT2D eigenvalue weighted by Gasteiger charge is -2.38. The van der Waals surface area contributed by atoms with Crippen LogP contribution in [-0.2, 0) is 5.41 Å². The fourth-order valence-electron chi connectivity index (χ4n) is 4.45. The molecule has 170 valence electrons. The predicted octanol–water partition coefficient (Wildman–Crippen LogP) is 6.25. The summed E-state index contributed by atoms with van der Waals surface area (Å²) in [6.07, 6.45) is -4.07. The lowest BCUT2D eigenvalue weighted by atomic mass is 9.79. The van der Waals surface area contributed by atoms with Crippen LogP contribution in [0.5, 0.6) is 0 Å². The van der Waals surface area contributed by atoms with Crippen LogP contribution in [0.25, 0.3) is 10.9 Å². The molecule has 4 rings (SSSR count). The van der Waals surface area contributed by atoms with Gasteiger partial charge < -0.3 is 10.4 Å². The Morgan fingerprint density at radius 3 is 2.56 bits per heavy atom. The van der Waals surface area contributed by atoms with Gasteiger partial charge in [0.1, 0.15) is 11.6 Å². The van der Waals surface area contributed by atoms with Crippen molar-refractivity contribution in [3.63, 3.8) is 0 Å². The molecule has 9 heteroatoms. The highest BCUT2D eigenvalue weighted by molar-refractivity contribution is 6.31. The number of benzene rings is 2. The molecule has 1 aromatic heterocycles. The molecule has 0 saturated carbocycles. The molecule has 2 aromatic carbocycles. The molecule has 3 aromatic rings. The van der Waals surface area contributed by atoms with E-state index in [1.807, 2.05) is 0 Å². The molecule has 0 aliphatic heterocycles. The Balaban J connectivity index is 1.97. The number of hydrogen-bond acceptors (Lipinski definition) is 4. The maximum atomic E-state index is 14.4. The monoisotopic (exact) mass is 467 g/mol. The van der Waals surface area contributed by atoms with Crippen molar-refractivity contribution < 1.29 is 22.7 Å². The first-order valence-electron chi connectivity index (χ1n) is 10.1. The molecule has 1 heterocycles. The van der Waals surface area contributed by atoms with E-state index in [9.17, 15) is 22.7 Å². The number of halogens is 5. The van der Waals surface area contributed by atoms with Crippen LogP contribution < -0.4 is 5.32 Å². The van der Waals surface area contributed by atoms with Crippen molar-refractivity contribution in [1.82, 2.24) is 9.97 Å². The Kier molecular flexibility index (Phi) is 5.37. The van der Waals surface area contributed by atoms with E-state index in [4.69, 9.17) is 11.6 Å². The first-order valence-corrected chi connectivity index (χ1v) is 10.5. The quantitative estimate of drug-likeness (QED) is 0.345. The fourth-order valence-corrected chi connectivity index (χ4v) is 4.88. The van der Waals surface area contributed by atoms with Crippen molar-refractivity contribution in [1.29, 1.82) is 0 Å². The third kappa shape index (κ3) is 3.59. The topological polar surface area (TPSA) is 58.0 Å². The van der Waals surface area contributed by atoms with Crippen LogP contribution in [0.3, 0.4) is 0 Å². The summed E-state index contributed by atoms with van der Waals surface area (Å²) in [4.78, 5) is 8.47. The molecule has 0 radical (unpaired) electrons. The molecular formula is C23H22ClF4N3O. The smallest absolute Gasteiger partial charge is 0.379 e. The fraction of sp³-hybridized carbons (Fsp3) is 0.391. The highest BCUT2D eigenvalue weighted by atomic mass is 35.5. The van der Waals surface area contributed by atoms with Gasteiger partial charge in [-0.05, 0) is 54.5 Å². The van der Waals surface area contributed by atoms with Gasteiger partial charge in [0.2, 0.25) is 0 Å². The highest BCUT2D eigenvalue weighted by Gasteiger charge is 2.61. The Hall–Kier alpha value is -2.45. The van der Waals surface area contributed by atoms with E-state index in [1.165, 1.54) is 12.3 Å². The minimum Gasteiger partial charge on any atom is -0.379 e. The molecule has 32 heavy (non-hydrogen) atoms. The van der Waals surface area contributed by atoms with E-state index >= 15 is 0 Å². The van der Waals surface area contributed by atoms with E-state index in [-0.39, 0.29) is 22.6 Å². The zero-order chi connectivity index (χ0) is 23.5. The zero-order valence-electron chi connectivity index (χ0n) is 17.7. The Morgan fingerprint density at radius 2 is 1.88 bits per heavy atom. The SMILES string of the molecule is Cc1ncc2c(NC3c4ccc(F)c(Cl)c4C(C)(C)CCC3(O)C(F)(F)F)cccc2n1. The number of fused-ring (bicyclic) bond motifs is 2.